The maximum atomic E-state index is 12.3. The molecule has 1 aromatic heterocycles. The third-order valence-electron chi connectivity index (χ3n) is 4.72. The van der Waals surface area contributed by atoms with Crippen molar-refractivity contribution in [2.75, 3.05) is 28.7 Å². The van der Waals surface area contributed by atoms with Gasteiger partial charge in [0.15, 0.2) is 12.4 Å². The molecule has 1 aliphatic heterocycles. The fourth-order valence-electron chi connectivity index (χ4n) is 3.28. The first-order chi connectivity index (χ1) is 15.1. The summed E-state index contributed by atoms with van der Waals surface area (Å²) in [5.41, 5.74) is 1.87. The molecule has 0 bridgehead atoms. The summed E-state index contributed by atoms with van der Waals surface area (Å²) in [6.07, 6.45) is 2.81. The molecule has 0 unspecified atom stereocenters. The number of furan rings is 1. The lowest BCUT2D eigenvalue weighted by Gasteiger charge is -2.17. The molecule has 0 aliphatic carbocycles. The van der Waals surface area contributed by atoms with E-state index in [0.29, 0.717) is 30.1 Å². The number of nitrogens with zero attached hydrogens (tertiary/aromatic N) is 1. The Morgan fingerprint density at radius 3 is 2.55 bits per heavy atom. The number of hydrogen-bond acceptors (Lipinski definition) is 5. The minimum absolute atomic E-state index is 0.0887. The Bertz CT molecular complexity index is 1090. The van der Waals surface area contributed by atoms with Crippen LogP contribution in [0, 0.1) is 0 Å². The van der Waals surface area contributed by atoms with Crippen molar-refractivity contribution in [1.29, 1.82) is 0 Å². The van der Waals surface area contributed by atoms with Crippen molar-refractivity contribution in [3.8, 4) is 5.75 Å². The van der Waals surface area contributed by atoms with E-state index in [-0.39, 0.29) is 30.1 Å². The van der Waals surface area contributed by atoms with Gasteiger partial charge >= 0.3 is 0 Å². The van der Waals surface area contributed by atoms with Gasteiger partial charge in [-0.1, -0.05) is 12.1 Å². The lowest BCUT2D eigenvalue weighted by molar-refractivity contribution is -0.118. The predicted molar refractivity (Wildman–Crippen MR) is 115 cm³/mol. The van der Waals surface area contributed by atoms with Gasteiger partial charge in [0.2, 0.25) is 5.91 Å². The monoisotopic (exact) mass is 419 g/mol. The summed E-state index contributed by atoms with van der Waals surface area (Å²) in [4.78, 5) is 38.0. The molecule has 1 saturated heterocycles. The van der Waals surface area contributed by atoms with Crippen LogP contribution in [0.1, 0.15) is 23.4 Å². The number of carbonyl (C=O) groups excluding carboxylic acids is 3. The van der Waals surface area contributed by atoms with E-state index in [2.05, 4.69) is 10.6 Å². The topological polar surface area (TPSA) is 101 Å². The first-order valence-electron chi connectivity index (χ1n) is 9.86. The van der Waals surface area contributed by atoms with Crippen molar-refractivity contribution >= 4 is 34.8 Å². The van der Waals surface area contributed by atoms with Gasteiger partial charge in [0.05, 0.1) is 6.26 Å². The Kier molecular flexibility index (Phi) is 5.98. The number of rotatable bonds is 7. The molecular formula is C23H21N3O5. The number of anilines is 3. The molecule has 0 spiro atoms. The van der Waals surface area contributed by atoms with Crippen LogP contribution in [0.3, 0.4) is 0 Å². The summed E-state index contributed by atoms with van der Waals surface area (Å²) >= 11 is 0. The largest absolute Gasteiger partial charge is 0.484 e. The van der Waals surface area contributed by atoms with E-state index in [9.17, 15) is 14.4 Å². The molecule has 2 heterocycles. The van der Waals surface area contributed by atoms with E-state index in [0.717, 1.165) is 12.1 Å². The maximum absolute atomic E-state index is 12.3. The Balaban J connectivity index is 1.32. The smallest absolute Gasteiger partial charge is 0.291 e. The van der Waals surface area contributed by atoms with Crippen molar-refractivity contribution in [2.24, 2.45) is 0 Å². The summed E-state index contributed by atoms with van der Waals surface area (Å²) < 4.78 is 10.6. The summed E-state index contributed by atoms with van der Waals surface area (Å²) in [6.45, 7) is 0.481. The second-order valence-corrected chi connectivity index (χ2v) is 7.00. The molecule has 8 nitrogen and oxygen atoms in total. The van der Waals surface area contributed by atoms with Crippen molar-refractivity contribution in [3.63, 3.8) is 0 Å². The van der Waals surface area contributed by atoms with Crippen molar-refractivity contribution < 1.29 is 23.5 Å². The standard InChI is InChI=1S/C23H21N3O5/c27-21(24-16-5-1-7-18(13-16)26-11-3-10-22(26)28)15-31-19-8-2-6-17(14-19)25-23(29)20-9-4-12-30-20/h1-2,4-9,12-14H,3,10-11,15H2,(H,24,27)(H,25,29). The molecule has 0 saturated carbocycles. The zero-order valence-corrected chi connectivity index (χ0v) is 16.7. The molecule has 31 heavy (non-hydrogen) atoms. The van der Waals surface area contributed by atoms with Gasteiger partial charge in [0.1, 0.15) is 5.75 Å². The average Bonchev–Trinajstić information content (AvgIpc) is 3.45. The molecular weight excluding hydrogens is 398 g/mol. The lowest BCUT2D eigenvalue weighted by atomic mass is 10.2. The van der Waals surface area contributed by atoms with E-state index >= 15 is 0 Å². The fourth-order valence-corrected chi connectivity index (χ4v) is 3.28. The number of benzene rings is 2. The van der Waals surface area contributed by atoms with E-state index in [1.165, 1.54) is 6.26 Å². The molecule has 158 valence electrons. The van der Waals surface area contributed by atoms with E-state index in [4.69, 9.17) is 9.15 Å². The summed E-state index contributed by atoms with van der Waals surface area (Å²) in [5.74, 6) is 0.00406. The van der Waals surface area contributed by atoms with Crippen molar-refractivity contribution in [1.82, 2.24) is 0 Å². The molecule has 2 aromatic carbocycles. The molecule has 4 rings (SSSR count). The fraction of sp³-hybridized carbons (Fsp3) is 0.174. The summed E-state index contributed by atoms with van der Waals surface area (Å²) in [5, 5.41) is 5.48. The van der Waals surface area contributed by atoms with Crippen LogP contribution in [0.4, 0.5) is 17.1 Å². The van der Waals surface area contributed by atoms with Crippen LogP contribution in [-0.2, 0) is 9.59 Å². The van der Waals surface area contributed by atoms with Crippen LogP contribution in [0.15, 0.2) is 71.3 Å². The van der Waals surface area contributed by atoms with E-state index < -0.39 is 0 Å². The molecule has 3 aromatic rings. The highest BCUT2D eigenvalue weighted by Gasteiger charge is 2.21. The van der Waals surface area contributed by atoms with Crippen LogP contribution >= 0.6 is 0 Å². The van der Waals surface area contributed by atoms with Crippen molar-refractivity contribution in [2.45, 2.75) is 12.8 Å². The van der Waals surface area contributed by atoms with Gasteiger partial charge in [-0.25, -0.2) is 0 Å². The second kappa shape index (κ2) is 9.17. The van der Waals surface area contributed by atoms with Crippen LogP contribution in [0.5, 0.6) is 5.75 Å². The number of hydrogen-bond donors (Lipinski definition) is 2. The van der Waals surface area contributed by atoms with Crippen molar-refractivity contribution in [3.05, 3.63) is 72.7 Å². The highest BCUT2D eigenvalue weighted by atomic mass is 16.5. The molecule has 1 fully saturated rings. The highest BCUT2D eigenvalue weighted by molar-refractivity contribution is 6.02. The van der Waals surface area contributed by atoms with Gasteiger partial charge in [-0.2, -0.15) is 0 Å². The lowest BCUT2D eigenvalue weighted by Crippen LogP contribution is -2.24. The third kappa shape index (κ3) is 5.11. The van der Waals surface area contributed by atoms with Gasteiger partial charge in [0, 0.05) is 36.1 Å². The van der Waals surface area contributed by atoms with Gasteiger partial charge < -0.3 is 24.7 Å². The first-order valence-corrected chi connectivity index (χ1v) is 9.86. The Morgan fingerprint density at radius 1 is 1.00 bits per heavy atom. The Morgan fingerprint density at radius 2 is 1.81 bits per heavy atom. The zero-order valence-electron chi connectivity index (χ0n) is 16.7. The predicted octanol–water partition coefficient (Wildman–Crippen LogP) is 3.68. The van der Waals surface area contributed by atoms with Gasteiger partial charge in [-0.15, -0.1) is 0 Å². The molecule has 2 N–H and O–H groups in total. The van der Waals surface area contributed by atoms with Gasteiger partial charge in [-0.05, 0) is 48.9 Å². The molecule has 1 aliphatic rings. The second-order valence-electron chi connectivity index (χ2n) is 7.00. The third-order valence-corrected chi connectivity index (χ3v) is 4.72. The minimum atomic E-state index is -0.378. The summed E-state index contributed by atoms with van der Waals surface area (Å²) in [6, 6.07) is 17.1. The number of ether oxygens (including phenoxy) is 1. The van der Waals surface area contributed by atoms with Gasteiger partial charge in [-0.3, -0.25) is 14.4 Å². The quantitative estimate of drug-likeness (QED) is 0.608. The summed E-state index contributed by atoms with van der Waals surface area (Å²) in [7, 11) is 0. The Hall–Kier alpha value is -4.07. The van der Waals surface area contributed by atoms with E-state index in [1.807, 2.05) is 6.07 Å². The zero-order chi connectivity index (χ0) is 21.6. The highest BCUT2D eigenvalue weighted by Crippen LogP contribution is 2.24. The Labute approximate surface area is 178 Å². The van der Waals surface area contributed by atoms with Crippen LogP contribution in [0.2, 0.25) is 0 Å². The van der Waals surface area contributed by atoms with Crippen LogP contribution in [-0.4, -0.2) is 30.9 Å². The average molecular weight is 419 g/mol. The van der Waals surface area contributed by atoms with Crippen LogP contribution in [0.25, 0.3) is 0 Å². The normalized spacial score (nSPS) is 13.2. The number of carbonyl (C=O) groups is 3. The SMILES string of the molecule is O=C(COc1cccc(NC(=O)c2ccco2)c1)Nc1cccc(N2CCCC2=O)c1. The number of nitrogens with one attached hydrogen (secondary N) is 2. The van der Waals surface area contributed by atoms with Crippen LogP contribution < -0.4 is 20.3 Å². The number of amides is 3. The van der Waals surface area contributed by atoms with Gasteiger partial charge in [0.25, 0.3) is 11.8 Å². The molecule has 0 radical (unpaired) electrons. The van der Waals surface area contributed by atoms with E-state index in [1.54, 1.807) is 59.5 Å². The molecule has 0 atom stereocenters. The molecule has 3 amide bonds. The minimum Gasteiger partial charge on any atom is -0.484 e. The first kappa shape index (κ1) is 20.2. The maximum Gasteiger partial charge on any atom is 0.291 e. The molecule has 8 heteroatoms.